The highest BCUT2D eigenvalue weighted by Gasteiger charge is 2.32. The number of hydrogen-bond donors (Lipinski definition) is 2. The zero-order chi connectivity index (χ0) is 12.9. The van der Waals surface area contributed by atoms with Crippen molar-refractivity contribution in [3.8, 4) is 0 Å². The number of nitrogens with zero attached hydrogens (tertiary/aromatic N) is 1. The van der Waals surface area contributed by atoms with E-state index in [0.29, 0.717) is 12.8 Å². The number of carbonyl (C=O) groups excluding carboxylic acids is 1. The van der Waals surface area contributed by atoms with Gasteiger partial charge in [-0.05, 0) is 19.8 Å². The lowest BCUT2D eigenvalue weighted by molar-refractivity contribution is -0.147. The van der Waals surface area contributed by atoms with E-state index in [0.717, 1.165) is 5.69 Å². The van der Waals surface area contributed by atoms with E-state index in [1.807, 2.05) is 5.38 Å². The van der Waals surface area contributed by atoms with Gasteiger partial charge in [0.15, 0.2) is 0 Å². The molecule has 2 N–H and O–H groups in total. The molecule has 94 valence electrons. The maximum atomic E-state index is 11.6. The third-order valence-electron chi connectivity index (χ3n) is 2.69. The predicted octanol–water partition coefficient (Wildman–Crippen LogP) is 1.45. The molecule has 0 aromatic carbocycles. The summed E-state index contributed by atoms with van der Waals surface area (Å²) in [5, 5.41) is 13.4. The molecular weight excluding hydrogens is 240 g/mol. The molecule has 0 aliphatic rings. The monoisotopic (exact) mass is 256 g/mol. The van der Waals surface area contributed by atoms with Crippen molar-refractivity contribution in [2.24, 2.45) is 0 Å². The Labute approximate surface area is 104 Å². The van der Waals surface area contributed by atoms with Crippen molar-refractivity contribution in [3.63, 3.8) is 0 Å². The second kappa shape index (κ2) is 5.77. The van der Waals surface area contributed by atoms with Crippen LogP contribution in [0.5, 0.6) is 0 Å². The Bertz CT molecular complexity index is 391. The van der Waals surface area contributed by atoms with E-state index in [1.165, 1.54) is 18.3 Å². The fourth-order valence-corrected chi connectivity index (χ4v) is 1.86. The van der Waals surface area contributed by atoms with Crippen molar-refractivity contribution in [2.45, 2.75) is 38.6 Å². The summed E-state index contributed by atoms with van der Waals surface area (Å²) in [6, 6.07) is 0. The number of hydrogen-bond acceptors (Lipinski definition) is 4. The average molecular weight is 256 g/mol. The number of rotatable bonds is 6. The third-order valence-corrected chi connectivity index (χ3v) is 3.32. The molecular formula is C11H16N2O3S. The summed E-state index contributed by atoms with van der Waals surface area (Å²) in [6.07, 6.45) is 1.14. The molecule has 1 atom stereocenters. The van der Waals surface area contributed by atoms with Gasteiger partial charge in [-0.25, -0.2) is 9.78 Å². The van der Waals surface area contributed by atoms with Gasteiger partial charge in [0, 0.05) is 11.8 Å². The van der Waals surface area contributed by atoms with E-state index in [2.05, 4.69) is 10.3 Å². The average Bonchev–Trinajstić information content (AvgIpc) is 2.78. The summed E-state index contributed by atoms with van der Waals surface area (Å²) in [5.41, 5.74) is 1.39. The second-order valence-electron chi connectivity index (χ2n) is 4.02. The zero-order valence-electron chi connectivity index (χ0n) is 9.90. The third kappa shape index (κ3) is 3.81. The molecule has 17 heavy (non-hydrogen) atoms. The fraction of sp³-hybridized carbons (Fsp3) is 0.545. The molecule has 1 aromatic heterocycles. The lowest BCUT2D eigenvalue weighted by Gasteiger charge is -2.24. The van der Waals surface area contributed by atoms with Gasteiger partial charge in [-0.3, -0.25) is 4.79 Å². The van der Waals surface area contributed by atoms with Crippen LogP contribution in [-0.4, -0.2) is 27.5 Å². The topological polar surface area (TPSA) is 79.3 Å². The summed E-state index contributed by atoms with van der Waals surface area (Å²) in [7, 11) is 0. The van der Waals surface area contributed by atoms with Crippen LogP contribution in [0.3, 0.4) is 0 Å². The predicted molar refractivity (Wildman–Crippen MR) is 64.9 cm³/mol. The highest BCUT2D eigenvalue weighted by atomic mass is 32.1. The first-order valence-corrected chi connectivity index (χ1v) is 6.33. The minimum atomic E-state index is -1.18. The smallest absolute Gasteiger partial charge is 0.329 e. The van der Waals surface area contributed by atoms with Crippen LogP contribution in [-0.2, 0) is 16.0 Å². The molecule has 0 saturated carbocycles. The SMILES string of the molecule is CCC(C)(NC(=O)CCc1cscn1)C(=O)O. The van der Waals surface area contributed by atoms with Crippen LogP contribution in [0.15, 0.2) is 10.9 Å². The summed E-state index contributed by atoms with van der Waals surface area (Å²) in [5.74, 6) is -1.27. The van der Waals surface area contributed by atoms with Crippen LogP contribution < -0.4 is 5.32 Å². The van der Waals surface area contributed by atoms with Crippen molar-refractivity contribution in [1.29, 1.82) is 0 Å². The van der Waals surface area contributed by atoms with Crippen LogP contribution in [0.4, 0.5) is 0 Å². The highest BCUT2D eigenvalue weighted by molar-refractivity contribution is 7.07. The van der Waals surface area contributed by atoms with Gasteiger partial charge in [0.05, 0.1) is 11.2 Å². The number of nitrogens with one attached hydrogen (secondary N) is 1. The number of aromatic nitrogens is 1. The molecule has 0 radical (unpaired) electrons. The molecule has 1 aromatic rings. The Balaban J connectivity index is 2.46. The van der Waals surface area contributed by atoms with Gasteiger partial charge in [-0.1, -0.05) is 6.92 Å². The summed E-state index contributed by atoms with van der Waals surface area (Å²) < 4.78 is 0. The number of amides is 1. The first-order valence-electron chi connectivity index (χ1n) is 5.39. The molecule has 6 heteroatoms. The number of carboxylic acid groups (broad SMARTS) is 1. The quantitative estimate of drug-likeness (QED) is 0.807. The van der Waals surface area contributed by atoms with Crippen LogP contribution >= 0.6 is 11.3 Å². The van der Waals surface area contributed by atoms with Gasteiger partial charge in [0.1, 0.15) is 5.54 Å². The van der Waals surface area contributed by atoms with Crippen LogP contribution in [0.25, 0.3) is 0 Å². The van der Waals surface area contributed by atoms with Gasteiger partial charge >= 0.3 is 5.97 Å². The molecule has 1 amide bonds. The first-order chi connectivity index (χ1) is 7.98. The van der Waals surface area contributed by atoms with E-state index in [-0.39, 0.29) is 12.3 Å². The minimum Gasteiger partial charge on any atom is -0.480 e. The summed E-state index contributed by atoms with van der Waals surface area (Å²) >= 11 is 1.48. The standard InChI is InChI=1S/C11H16N2O3S/c1-3-11(2,10(15)16)13-9(14)5-4-8-6-17-7-12-8/h6-7H,3-5H2,1-2H3,(H,13,14)(H,15,16). The van der Waals surface area contributed by atoms with Gasteiger partial charge in [-0.15, -0.1) is 11.3 Å². The molecule has 0 aliphatic heterocycles. The maximum absolute atomic E-state index is 11.6. The minimum absolute atomic E-state index is 0.257. The second-order valence-corrected chi connectivity index (χ2v) is 4.74. The van der Waals surface area contributed by atoms with E-state index in [4.69, 9.17) is 5.11 Å². The molecule has 0 aliphatic carbocycles. The normalized spacial score (nSPS) is 14.0. The molecule has 1 heterocycles. The van der Waals surface area contributed by atoms with Crippen LogP contribution in [0.2, 0.25) is 0 Å². The van der Waals surface area contributed by atoms with Gasteiger partial charge < -0.3 is 10.4 Å². The summed E-state index contributed by atoms with van der Waals surface area (Å²) in [4.78, 5) is 26.7. The van der Waals surface area contributed by atoms with Crippen LogP contribution in [0, 0.1) is 0 Å². The molecule has 1 rings (SSSR count). The molecule has 0 fully saturated rings. The Hall–Kier alpha value is -1.43. The van der Waals surface area contributed by atoms with Crippen molar-refractivity contribution >= 4 is 23.2 Å². The molecule has 5 nitrogen and oxygen atoms in total. The number of aliphatic carboxylic acids is 1. The Kier molecular flexibility index (Phi) is 4.62. The zero-order valence-corrected chi connectivity index (χ0v) is 10.7. The highest BCUT2D eigenvalue weighted by Crippen LogP contribution is 2.10. The molecule has 0 saturated heterocycles. The van der Waals surface area contributed by atoms with Crippen LogP contribution in [0.1, 0.15) is 32.4 Å². The molecule has 0 spiro atoms. The Morgan fingerprint density at radius 3 is 2.76 bits per heavy atom. The summed E-state index contributed by atoms with van der Waals surface area (Å²) in [6.45, 7) is 3.24. The lowest BCUT2D eigenvalue weighted by Crippen LogP contribution is -2.51. The van der Waals surface area contributed by atoms with E-state index >= 15 is 0 Å². The van der Waals surface area contributed by atoms with E-state index < -0.39 is 11.5 Å². The Morgan fingerprint density at radius 2 is 2.29 bits per heavy atom. The van der Waals surface area contributed by atoms with Gasteiger partial charge in [-0.2, -0.15) is 0 Å². The largest absolute Gasteiger partial charge is 0.480 e. The number of carboxylic acids is 1. The lowest BCUT2D eigenvalue weighted by atomic mass is 9.99. The van der Waals surface area contributed by atoms with Gasteiger partial charge in [0.25, 0.3) is 0 Å². The number of carbonyl (C=O) groups is 2. The fourth-order valence-electron chi connectivity index (χ4n) is 1.27. The Morgan fingerprint density at radius 1 is 1.59 bits per heavy atom. The van der Waals surface area contributed by atoms with Crippen molar-refractivity contribution < 1.29 is 14.7 Å². The maximum Gasteiger partial charge on any atom is 0.329 e. The van der Waals surface area contributed by atoms with Gasteiger partial charge in [0.2, 0.25) is 5.91 Å². The van der Waals surface area contributed by atoms with Crippen molar-refractivity contribution in [3.05, 3.63) is 16.6 Å². The van der Waals surface area contributed by atoms with Crippen molar-refractivity contribution in [1.82, 2.24) is 10.3 Å². The van der Waals surface area contributed by atoms with E-state index in [9.17, 15) is 9.59 Å². The van der Waals surface area contributed by atoms with Crippen molar-refractivity contribution in [2.75, 3.05) is 0 Å². The first kappa shape index (κ1) is 13.6. The molecule has 0 bridgehead atoms. The molecule has 1 unspecified atom stereocenters. The number of aryl methyl sites for hydroxylation is 1. The van der Waals surface area contributed by atoms with E-state index in [1.54, 1.807) is 12.4 Å². The number of thiazole rings is 1.